The molecule has 3 aromatic rings. The standard InChI is InChI=1S/C23H16ClNO3/c24-17-11-13-18(14-12-17)25-20(15-7-3-1-4-8-15)19(22(27)23(25)28)21(26)16-9-5-2-6-10-16/h1-14,20,26H. The zero-order chi connectivity index (χ0) is 19.7. The molecule has 28 heavy (non-hydrogen) atoms. The number of aliphatic hydroxyl groups excluding tert-OH is 1. The zero-order valence-electron chi connectivity index (χ0n) is 14.7. The Bertz CT molecular complexity index is 1060. The maximum absolute atomic E-state index is 12.9. The molecule has 0 aliphatic carbocycles. The summed E-state index contributed by atoms with van der Waals surface area (Å²) in [5.41, 5.74) is 1.82. The van der Waals surface area contributed by atoms with Crippen molar-refractivity contribution in [3.63, 3.8) is 0 Å². The topological polar surface area (TPSA) is 57.6 Å². The van der Waals surface area contributed by atoms with Crippen molar-refractivity contribution in [3.05, 3.63) is 107 Å². The Labute approximate surface area is 167 Å². The number of halogens is 1. The third-order valence-electron chi connectivity index (χ3n) is 4.71. The summed E-state index contributed by atoms with van der Waals surface area (Å²) in [4.78, 5) is 27.2. The number of ketones is 1. The van der Waals surface area contributed by atoms with Crippen LogP contribution in [-0.4, -0.2) is 16.8 Å². The molecule has 0 bridgehead atoms. The number of Topliss-reactive ketones (excluding diaryl/α,β-unsaturated/α-hetero) is 1. The number of carbonyl (C=O) groups excluding carboxylic acids is 2. The lowest BCUT2D eigenvalue weighted by molar-refractivity contribution is -0.132. The number of nitrogens with zero attached hydrogens (tertiary/aromatic N) is 1. The predicted molar refractivity (Wildman–Crippen MR) is 109 cm³/mol. The number of anilines is 1. The highest BCUT2D eigenvalue weighted by molar-refractivity contribution is 6.51. The average molecular weight is 390 g/mol. The summed E-state index contributed by atoms with van der Waals surface area (Å²) in [6, 6.07) is 23.9. The Morgan fingerprint density at radius 2 is 1.39 bits per heavy atom. The Hall–Kier alpha value is -3.37. The minimum atomic E-state index is -0.734. The third-order valence-corrected chi connectivity index (χ3v) is 4.96. The molecule has 1 saturated heterocycles. The monoisotopic (exact) mass is 389 g/mol. The first kappa shape index (κ1) is 18.0. The number of benzene rings is 3. The molecular weight excluding hydrogens is 374 g/mol. The van der Waals surface area contributed by atoms with Crippen molar-refractivity contribution in [1.29, 1.82) is 0 Å². The van der Waals surface area contributed by atoms with Gasteiger partial charge in [-0.2, -0.15) is 0 Å². The van der Waals surface area contributed by atoms with Gasteiger partial charge in [0, 0.05) is 16.3 Å². The average Bonchev–Trinajstić information content (AvgIpc) is 3.00. The minimum absolute atomic E-state index is 0.0670. The first-order valence-corrected chi connectivity index (χ1v) is 9.12. The van der Waals surface area contributed by atoms with E-state index >= 15 is 0 Å². The van der Waals surface area contributed by atoms with Crippen molar-refractivity contribution in [2.45, 2.75) is 6.04 Å². The maximum Gasteiger partial charge on any atom is 0.300 e. The number of amides is 1. The molecule has 138 valence electrons. The summed E-state index contributed by atoms with van der Waals surface area (Å²) in [7, 11) is 0. The fourth-order valence-electron chi connectivity index (χ4n) is 3.40. The van der Waals surface area contributed by atoms with Gasteiger partial charge in [-0.05, 0) is 29.8 Å². The summed E-state index contributed by atoms with van der Waals surface area (Å²) < 4.78 is 0. The molecule has 1 unspecified atom stereocenters. The van der Waals surface area contributed by atoms with Crippen LogP contribution in [0.2, 0.25) is 5.02 Å². The third kappa shape index (κ3) is 3.08. The Morgan fingerprint density at radius 1 is 0.821 bits per heavy atom. The van der Waals surface area contributed by atoms with Gasteiger partial charge < -0.3 is 5.11 Å². The highest BCUT2D eigenvalue weighted by atomic mass is 35.5. The summed E-state index contributed by atoms with van der Waals surface area (Å²) in [5, 5.41) is 11.4. The van der Waals surface area contributed by atoms with Crippen molar-refractivity contribution in [2.24, 2.45) is 0 Å². The van der Waals surface area contributed by atoms with Crippen LogP contribution in [0.3, 0.4) is 0 Å². The second-order valence-corrected chi connectivity index (χ2v) is 6.86. The number of hydrogen-bond donors (Lipinski definition) is 1. The van der Waals surface area contributed by atoms with Crippen molar-refractivity contribution in [2.75, 3.05) is 4.90 Å². The van der Waals surface area contributed by atoms with E-state index in [-0.39, 0.29) is 11.3 Å². The number of hydrogen-bond acceptors (Lipinski definition) is 3. The molecule has 5 heteroatoms. The van der Waals surface area contributed by atoms with E-state index in [4.69, 9.17) is 11.6 Å². The fraction of sp³-hybridized carbons (Fsp3) is 0.0435. The van der Waals surface area contributed by atoms with Crippen LogP contribution in [0.15, 0.2) is 90.5 Å². The second kappa shape index (κ2) is 7.33. The van der Waals surface area contributed by atoms with Gasteiger partial charge in [0.05, 0.1) is 11.6 Å². The van der Waals surface area contributed by atoms with Crippen LogP contribution < -0.4 is 4.90 Å². The van der Waals surface area contributed by atoms with Gasteiger partial charge in [0.2, 0.25) is 0 Å². The van der Waals surface area contributed by atoms with Gasteiger partial charge in [-0.3, -0.25) is 14.5 Å². The van der Waals surface area contributed by atoms with Crippen LogP contribution in [-0.2, 0) is 9.59 Å². The fourth-order valence-corrected chi connectivity index (χ4v) is 3.53. The van der Waals surface area contributed by atoms with Gasteiger partial charge in [0.1, 0.15) is 5.76 Å². The lowest BCUT2D eigenvalue weighted by Gasteiger charge is -2.25. The Morgan fingerprint density at radius 3 is 2.00 bits per heavy atom. The van der Waals surface area contributed by atoms with Crippen LogP contribution >= 0.6 is 11.6 Å². The summed E-state index contributed by atoms with van der Waals surface area (Å²) in [6.07, 6.45) is 0. The minimum Gasteiger partial charge on any atom is -0.507 e. The van der Waals surface area contributed by atoms with Crippen molar-refractivity contribution < 1.29 is 14.7 Å². The van der Waals surface area contributed by atoms with Crippen LogP contribution in [0.25, 0.3) is 5.76 Å². The first-order chi connectivity index (χ1) is 13.6. The highest BCUT2D eigenvalue weighted by Crippen LogP contribution is 2.42. The quantitative estimate of drug-likeness (QED) is 0.391. The van der Waals surface area contributed by atoms with Gasteiger partial charge in [0.25, 0.3) is 11.7 Å². The molecule has 1 aliphatic heterocycles. The molecule has 0 saturated carbocycles. The van der Waals surface area contributed by atoms with Crippen molar-refractivity contribution in [3.8, 4) is 0 Å². The van der Waals surface area contributed by atoms with E-state index in [0.717, 1.165) is 5.56 Å². The van der Waals surface area contributed by atoms with Gasteiger partial charge in [-0.1, -0.05) is 72.3 Å². The van der Waals surface area contributed by atoms with Gasteiger partial charge >= 0.3 is 0 Å². The Kier molecular flexibility index (Phi) is 4.72. The highest BCUT2D eigenvalue weighted by Gasteiger charge is 2.46. The van der Waals surface area contributed by atoms with E-state index in [1.807, 2.05) is 36.4 Å². The van der Waals surface area contributed by atoms with E-state index in [1.165, 1.54) is 4.90 Å². The van der Waals surface area contributed by atoms with Gasteiger partial charge in [-0.15, -0.1) is 0 Å². The smallest absolute Gasteiger partial charge is 0.300 e. The van der Waals surface area contributed by atoms with E-state index in [9.17, 15) is 14.7 Å². The van der Waals surface area contributed by atoms with E-state index < -0.39 is 17.7 Å². The van der Waals surface area contributed by atoms with Crippen molar-refractivity contribution >= 4 is 34.7 Å². The molecule has 4 rings (SSSR count). The molecule has 0 radical (unpaired) electrons. The van der Waals surface area contributed by atoms with E-state index in [1.54, 1.807) is 48.5 Å². The molecule has 1 atom stereocenters. The van der Waals surface area contributed by atoms with Gasteiger partial charge in [0.15, 0.2) is 0 Å². The molecule has 1 aliphatic rings. The summed E-state index contributed by atoms with van der Waals surface area (Å²) >= 11 is 5.98. The molecule has 0 spiro atoms. The summed E-state index contributed by atoms with van der Waals surface area (Å²) in [6.45, 7) is 0. The molecule has 1 fully saturated rings. The lowest BCUT2D eigenvalue weighted by atomic mass is 9.95. The largest absolute Gasteiger partial charge is 0.507 e. The lowest BCUT2D eigenvalue weighted by Crippen LogP contribution is -2.29. The van der Waals surface area contributed by atoms with Crippen LogP contribution in [0.1, 0.15) is 17.2 Å². The molecular formula is C23H16ClNO3. The SMILES string of the molecule is O=C1C(=O)N(c2ccc(Cl)cc2)C(c2ccccc2)C1=C(O)c1ccccc1. The molecule has 4 nitrogen and oxygen atoms in total. The summed E-state index contributed by atoms with van der Waals surface area (Å²) in [5.74, 6) is -1.59. The molecule has 3 aromatic carbocycles. The number of rotatable bonds is 3. The van der Waals surface area contributed by atoms with E-state index in [2.05, 4.69) is 0 Å². The zero-order valence-corrected chi connectivity index (χ0v) is 15.5. The first-order valence-electron chi connectivity index (χ1n) is 8.75. The molecule has 1 amide bonds. The van der Waals surface area contributed by atoms with Crippen LogP contribution in [0, 0.1) is 0 Å². The number of aliphatic hydroxyl groups is 1. The molecule has 0 aromatic heterocycles. The van der Waals surface area contributed by atoms with Gasteiger partial charge in [-0.25, -0.2) is 0 Å². The second-order valence-electron chi connectivity index (χ2n) is 6.42. The van der Waals surface area contributed by atoms with Crippen LogP contribution in [0.4, 0.5) is 5.69 Å². The van der Waals surface area contributed by atoms with Crippen LogP contribution in [0.5, 0.6) is 0 Å². The maximum atomic E-state index is 12.9. The normalized spacial score (nSPS) is 18.5. The van der Waals surface area contributed by atoms with Crippen molar-refractivity contribution in [1.82, 2.24) is 0 Å². The van der Waals surface area contributed by atoms with E-state index in [0.29, 0.717) is 16.3 Å². The molecule has 1 N–H and O–H groups in total. The predicted octanol–water partition coefficient (Wildman–Crippen LogP) is 4.97. The molecule has 1 heterocycles. The Balaban J connectivity index is 1.94. The number of carbonyl (C=O) groups is 2.